The predicted octanol–water partition coefficient (Wildman–Crippen LogP) is 2.87. The summed E-state index contributed by atoms with van der Waals surface area (Å²) in [4.78, 5) is 27.7. The molecule has 0 aliphatic carbocycles. The number of carbonyl (C=O) groups excluding carboxylic acids is 2. The zero-order chi connectivity index (χ0) is 16.3. The maximum atomic E-state index is 13.8. The van der Waals surface area contributed by atoms with E-state index in [1.54, 1.807) is 13.8 Å². The van der Waals surface area contributed by atoms with Crippen LogP contribution in [0.5, 0.6) is 0 Å². The molecule has 1 heterocycles. The van der Waals surface area contributed by atoms with Crippen LogP contribution in [-0.4, -0.2) is 30.1 Å². The summed E-state index contributed by atoms with van der Waals surface area (Å²) in [5, 5.41) is 0.0496. The van der Waals surface area contributed by atoms with Crippen LogP contribution < -0.4 is 0 Å². The molecule has 0 atom stereocenters. The highest BCUT2D eigenvalue weighted by molar-refractivity contribution is 6.04. The van der Waals surface area contributed by atoms with Gasteiger partial charge in [-0.3, -0.25) is 0 Å². The number of halogens is 2. The largest absolute Gasteiger partial charge is 0.462 e. The Kier molecular flexibility index (Phi) is 4.65. The van der Waals surface area contributed by atoms with Crippen LogP contribution >= 0.6 is 0 Å². The number of benzene rings is 1. The number of nitrogens with zero attached hydrogens (tertiary/aromatic N) is 1. The first-order valence-electron chi connectivity index (χ1n) is 6.62. The Morgan fingerprint density at radius 2 is 1.68 bits per heavy atom. The number of fused-ring (bicyclic) bond motifs is 1. The number of pyridine rings is 1. The molecular formula is C15H13F2NO4. The lowest BCUT2D eigenvalue weighted by atomic mass is 10.1. The summed E-state index contributed by atoms with van der Waals surface area (Å²) < 4.78 is 36.7. The van der Waals surface area contributed by atoms with E-state index in [0.717, 1.165) is 6.07 Å². The van der Waals surface area contributed by atoms with Crippen molar-refractivity contribution in [3.8, 4) is 0 Å². The molecule has 5 nitrogen and oxygen atoms in total. The lowest BCUT2D eigenvalue weighted by molar-refractivity contribution is 0.0474. The van der Waals surface area contributed by atoms with E-state index in [9.17, 15) is 18.4 Å². The smallest absolute Gasteiger partial charge is 0.357 e. The molecule has 0 unspecified atom stereocenters. The van der Waals surface area contributed by atoms with Gasteiger partial charge in [-0.1, -0.05) is 0 Å². The van der Waals surface area contributed by atoms with Crippen molar-refractivity contribution < 1.29 is 27.8 Å². The number of hydrogen-bond donors (Lipinski definition) is 0. The van der Waals surface area contributed by atoms with Gasteiger partial charge < -0.3 is 9.47 Å². The van der Waals surface area contributed by atoms with Gasteiger partial charge in [0.25, 0.3) is 0 Å². The number of carbonyl (C=O) groups is 2. The highest BCUT2D eigenvalue weighted by atomic mass is 19.1. The highest BCUT2D eigenvalue weighted by Crippen LogP contribution is 2.22. The molecule has 7 heteroatoms. The van der Waals surface area contributed by atoms with Gasteiger partial charge in [-0.2, -0.15) is 0 Å². The monoisotopic (exact) mass is 309 g/mol. The first-order valence-corrected chi connectivity index (χ1v) is 6.62. The van der Waals surface area contributed by atoms with E-state index in [1.165, 1.54) is 6.07 Å². The normalized spacial score (nSPS) is 10.5. The topological polar surface area (TPSA) is 65.5 Å². The maximum absolute atomic E-state index is 13.8. The molecule has 0 saturated carbocycles. The molecule has 0 aliphatic heterocycles. The van der Waals surface area contributed by atoms with Crippen molar-refractivity contribution in [1.82, 2.24) is 4.98 Å². The summed E-state index contributed by atoms with van der Waals surface area (Å²) in [5.74, 6) is -3.44. The number of ether oxygens (including phenoxy) is 2. The van der Waals surface area contributed by atoms with E-state index >= 15 is 0 Å². The molecule has 0 aliphatic rings. The van der Waals surface area contributed by atoms with E-state index in [4.69, 9.17) is 9.47 Å². The van der Waals surface area contributed by atoms with Crippen molar-refractivity contribution in [1.29, 1.82) is 0 Å². The minimum Gasteiger partial charge on any atom is -0.462 e. The molecule has 0 spiro atoms. The Labute approximate surface area is 124 Å². The molecule has 116 valence electrons. The average molecular weight is 309 g/mol. The molecule has 2 aromatic rings. The molecular weight excluding hydrogens is 296 g/mol. The van der Waals surface area contributed by atoms with Crippen molar-refractivity contribution in [2.24, 2.45) is 0 Å². The Morgan fingerprint density at radius 3 is 2.32 bits per heavy atom. The third-order valence-electron chi connectivity index (χ3n) is 2.80. The van der Waals surface area contributed by atoms with E-state index < -0.39 is 23.6 Å². The van der Waals surface area contributed by atoms with Gasteiger partial charge in [0.05, 0.1) is 18.8 Å². The molecule has 0 bridgehead atoms. The minimum absolute atomic E-state index is 0.0496. The second-order valence-corrected chi connectivity index (χ2v) is 4.28. The van der Waals surface area contributed by atoms with Crippen LogP contribution in [0, 0.1) is 11.6 Å². The second-order valence-electron chi connectivity index (χ2n) is 4.28. The summed E-state index contributed by atoms with van der Waals surface area (Å²) >= 11 is 0. The quantitative estimate of drug-likeness (QED) is 0.813. The fourth-order valence-electron chi connectivity index (χ4n) is 1.93. The molecule has 22 heavy (non-hydrogen) atoms. The maximum Gasteiger partial charge on any atom is 0.357 e. The standard InChI is InChI=1S/C15H13F2NO4/c1-3-21-14(19)10-6-8-5-9(16)7-11(17)12(8)18-13(10)15(20)22-4-2/h5-7H,3-4H2,1-2H3. The van der Waals surface area contributed by atoms with Gasteiger partial charge in [0.2, 0.25) is 0 Å². The predicted molar refractivity (Wildman–Crippen MR) is 73.6 cm³/mol. The van der Waals surface area contributed by atoms with Crippen LogP contribution in [0.4, 0.5) is 8.78 Å². The SMILES string of the molecule is CCOC(=O)c1cc2cc(F)cc(F)c2nc1C(=O)OCC. The number of esters is 2. The summed E-state index contributed by atoms with van der Waals surface area (Å²) in [6.07, 6.45) is 0. The van der Waals surface area contributed by atoms with Crippen LogP contribution in [-0.2, 0) is 9.47 Å². The van der Waals surface area contributed by atoms with Crippen molar-refractivity contribution >= 4 is 22.8 Å². The minimum atomic E-state index is -0.934. The summed E-state index contributed by atoms with van der Waals surface area (Å²) in [5.41, 5.74) is -0.784. The van der Waals surface area contributed by atoms with Crippen LogP contribution in [0.2, 0.25) is 0 Å². The molecule has 1 aromatic carbocycles. The fraction of sp³-hybridized carbons (Fsp3) is 0.267. The van der Waals surface area contributed by atoms with Gasteiger partial charge >= 0.3 is 11.9 Å². The van der Waals surface area contributed by atoms with E-state index in [2.05, 4.69) is 4.98 Å². The lowest BCUT2D eigenvalue weighted by Gasteiger charge is -2.10. The Balaban J connectivity index is 2.70. The van der Waals surface area contributed by atoms with Gasteiger partial charge in [0, 0.05) is 11.5 Å². The van der Waals surface area contributed by atoms with Crippen molar-refractivity contribution in [2.75, 3.05) is 13.2 Å². The van der Waals surface area contributed by atoms with E-state index in [1.807, 2.05) is 0 Å². The van der Waals surface area contributed by atoms with Crippen molar-refractivity contribution in [3.63, 3.8) is 0 Å². The third-order valence-corrected chi connectivity index (χ3v) is 2.80. The van der Waals surface area contributed by atoms with Crippen molar-refractivity contribution in [3.05, 3.63) is 41.1 Å². The highest BCUT2D eigenvalue weighted by Gasteiger charge is 2.23. The van der Waals surface area contributed by atoms with Crippen molar-refractivity contribution in [2.45, 2.75) is 13.8 Å². The Morgan fingerprint density at radius 1 is 1.05 bits per heavy atom. The summed E-state index contributed by atoms with van der Waals surface area (Å²) in [6, 6.07) is 2.83. The average Bonchev–Trinajstić information content (AvgIpc) is 2.46. The molecule has 1 aromatic heterocycles. The van der Waals surface area contributed by atoms with Crippen LogP contribution in [0.1, 0.15) is 34.7 Å². The summed E-state index contributed by atoms with van der Waals surface area (Å²) in [6.45, 7) is 3.32. The zero-order valence-electron chi connectivity index (χ0n) is 12.0. The molecule has 0 radical (unpaired) electrons. The summed E-state index contributed by atoms with van der Waals surface area (Å²) in [7, 11) is 0. The third kappa shape index (κ3) is 3.03. The van der Waals surface area contributed by atoms with Gasteiger partial charge in [-0.05, 0) is 26.0 Å². The van der Waals surface area contributed by atoms with Gasteiger partial charge in [0.1, 0.15) is 11.3 Å². The van der Waals surface area contributed by atoms with Gasteiger partial charge in [0.15, 0.2) is 11.5 Å². The molecule has 0 amide bonds. The van der Waals surface area contributed by atoms with E-state index in [-0.39, 0.29) is 35.4 Å². The molecule has 2 rings (SSSR count). The zero-order valence-corrected chi connectivity index (χ0v) is 12.0. The molecule has 0 saturated heterocycles. The fourth-order valence-corrected chi connectivity index (χ4v) is 1.93. The Hall–Kier alpha value is -2.57. The number of hydrogen-bond acceptors (Lipinski definition) is 5. The van der Waals surface area contributed by atoms with Gasteiger partial charge in [-0.25, -0.2) is 23.4 Å². The first-order chi connectivity index (χ1) is 10.5. The first kappa shape index (κ1) is 15.8. The van der Waals surface area contributed by atoms with E-state index in [0.29, 0.717) is 6.07 Å². The second kappa shape index (κ2) is 6.46. The van der Waals surface area contributed by atoms with Gasteiger partial charge in [-0.15, -0.1) is 0 Å². The Bertz CT molecular complexity index is 746. The van der Waals surface area contributed by atoms with Crippen LogP contribution in [0.25, 0.3) is 10.9 Å². The molecule has 0 fully saturated rings. The van der Waals surface area contributed by atoms with Crippen LogP contribution in [0.15, 0.2) is 18.2 Å². The lowest BCUT2D eigenvalue weighted by Crippen LogP contribution is -2.16. The molecule has 0 N–H and O–H groups in total. The van der Waals surface area contributed by atoms with Crippen LogP contribution in [0.3, 0.4) is 0 Å². The number of rotatable bonds is 4. The number of aromatic nitrogens is 1.